The third kappa shape index (κ3) is 4.85. The van der Waals surface area contributed by atoms with E-state index < -0.39 is 0 Å². The average molecular weight is 272 g/mol. The van der Waals surface area contributed by atoms with Crippen molar-refractivity contribution in [1.29, 1.82) is 5.26 Å². The largest absolute Gasteiger partial charge is 0.492 e. The van der Waals surface area contributed by atoms with Crippen LogP contribution < -0.4 is 4.74 Å². The van der Waals surface area contributed by atoms with Gasteiger partial charge in [0.25, 0.3) is 0 Å². The number of halogens is 2. The van der Waals surface area contributed by atoms with E-state index in [1.807, 2.05) is 13.8 Å². The molecular formula is C13H15Cl2NO. The molecule has 1 aromatic carbocycles. The Labute approximate surface area is 112 Å². The van der Waals surface area contributed by atoms with E-state index in [-0.39, 0.29) is 5.41 Å². The predicted octanol–water partition coefficient (Wildman–Crippen LogP) is 4.70. The van der Waals surface area contributed by atoms with Crippen molar-refractivity contribution in [2.75, 3.05) is 6.61 Å². The minimum absolute atomic E-state index is 0.298. The molecule has 0 fully saturated rings. The zero-order chi connectivity index (χ0) is 12.9. The summed E-state index contributed by atoms with van der Waals surface area (Å²) in [4.78, 5) is 0. The van der Waals surface area contributed by atoms with Gasteiger partial charge in [0.2, 0.25) is 0 Å². The number of ether oxygens (including phenoxy) is 1. The summed E-state index contributed by atoms with van der Waals surface area (Å²) >= 11 is 11.7. The van der Waals surface area contributed by atoms with Crippen molar-refractivity contribution in [3.63, 3.8) is 0 Å². The minimum atomic E-state index is -0.298. The Bertz CT molecular complexity index is 424. The second-order valence-electron chi connectivity index (χ2n) is 4.52. The summed E-state index contributed by atoms with van der Waals surface area (Å²) in [6, 6.07) is 7.40. The third-order valence-corrected chi connectivity index (χ3v) is 2.93. The fourth-order valence-corrected chi connectivity index (χ4v) is 1.81. The van der Waals surface area contributed by atoms with Crippen LogP contribution in [0.15, 0.2) is 18.2 Å². The van der Waals surface area contributed by atoms with Crippen molar-refractivity contribution in [3.05, 3.63) is 28.2 Å². The summed E-state index contributed by atoms with van der Waals surface area (Å²) in [5.74, 6) is 0.630. The van der Waals surface area contributed by atoms with Gasteiger partial charge in [0.1, 0.15) is 5.75 Å². The lowest BCUT2D eigenvalue weighted by Crippen LogP contribution is -2.10. The lowest BCUT2D eigenvalue weighted by molar-refractivity contribution is 0.284. The fraction of sp³-hybridized carbons (Fsp3) is 0.462. The number of benzene rings is 1. The summed E-state index contributed by atoms with van der Waals surface area (Å²) in [5, 5.41) is 9.96. The molecule has 0 aliphatic heterocycles. The lowest BCUT2D eigenvalue weighted by Gasteiger charge is -2.15. The molecular weight excluding hydrogens is 257 g/mol. The quantitative estimate of drug-likeness (QED) is 0.728. The maximum absolute atomic E-state index is 8.86. The van der Waals surface area contributed by atoms with E-state index >= 15 is 0 Å². The molecule has 0 aromatic heterocycles. The van der Waals surface area contributed by atoms with Gasteiger partial charge in [0, 0.05) is 5.02 Å². The van der Waals surface area contributed by atoms with E-state index in [1.54, 1.807) is 18.2 Å². The Morgan fingerprint density at radius 1 is 1.35 bits per heavy atom. The van der Waals surface area contributed by atoms with Crippen LogP contribution in [0, 0.1) is 16.7 Å². The van der Waals surface area contributed by atoms with Gasteiger partial charge in [-0.2, -0.15) is 5.26 Å². The first kappa shape index (κ1) is 14.2. The third-order valence-electron chi connectivity index (χ3n) is 2.40. The predicted molar refractivity (Wildman–Crippen MR) is 70.6 cm³/mol. The van der Waals surface area contributed by atoms with E-state index in [0.717, 1.165) is 12.8 Å². The van der Waals surface area contributed by atoms with Gasteiger partial charge in [0.05, 0.1) is 23.1 Å². The molecule has 0 saturated heterocycles. The highest BCUT2D eigenvalue weighted by Gasteiger charge is 2.15. The molecule has 0 spiro atoms. The molecule has 17 heavy (non-hydrogen) atoms. The molecule has 0 N–H and O–H groups in total. The van der Waals surface area contributed by atoms with E-state index in [2.05, 4.69) is 6.07 Å². The molecule has 0 amide bonds. The van der Waals surface area contributed by atoms with Gasteiger partial charge in [-0.25, -0.2) is 0 Å². The number of rotatable bonds is 5. The van der Waals surface area contributed by atoms with Crippen LogP contribution in [-0.2, 0) is 0 Å². The molecule has 1 aromatic rings. The van der Waals surface area contributed by atoms with Crippen molar-refractivity contribution in [2.24, 2.45) is 5.41 Å². The maximum Gasteiger partial charge on any atom is 0.137 e. The van der Waals surface area contributed by atoms with Gasteiger partial charge >= 0.3 is 0 Å². The van der Waals surface area contributed by atoms with E-state index in [0.29, 0.717) is 22.4 Å². The number of nitriles is 1. The van der Waals surface area contributed by atoms with Gasteiger partial charge < -0.3 is 4.74 Å². The van der Waals surface area contributed by atoms with Crippen molar-refractivity contribution in [1.82, 2.24) is 0 Å². The fourth-order valence-electron chi connectivity index (χ4n) is 1.34. The summed E-state index contributed by atoms with van der Waals surface area (Å²) in [6.45, 7) is 4.39. The van der Waals surface area contributed by atoms with E-state index in [4.69, 9.17) is 33.2 Å². The molecule has 4 heteroatoms. The van der Waals surface area contributed by atoms with Crippen LogP contribution in [0.4, 0.5) is 0 Å². The summed E-state index contributed by atoms with van der Waals surface area (Å²) in [7, 11) is 0. The smallest absolute Gasteiger partial charge is 0.137 e. The molecule has 2 nitrogen and oxygen atoms in total. The Morgan fingerprint density at radius 2 is 2.06 bits per heavy atom. The summed E-state index contributed by atoms with van der Waals surface area (Å²) in [5.41, 5.74) is -0.298. The van der Waals surface area contributed by atoms with Crippen molar-refractivity contribution < 1.29 is 4.74 Å². The Hall–Kier alpha value is -0.910. The van der Waals surface area contributed by atoms with Gasteiger partial charge in [-0.15, -0.1) is 0 Å². The second kappa shape index (κ2) is 6.14. The molecule has 0 bridgehead atoms. The summed E-state index contributed by atoms with van der Waals surface area (Å²) in [6.07, 6.45) is 1.62. The Morgan fingerprint density at radius 3 is 2.65 bits per heavy atom. The van der Waals surface area contributed by atoms with Crippen LogP contribution in [0.25, 0.3) is 0 Å². The minimum Gasteiger partial charge on any atom is -0.492 e. The second-order valence-corrected chi connectivity index (χ2v) is 5.37. The van der Waals surface area contributed by atoms with Gasteiger partial charge in [-0.05, 0) is 44.9 Å². The highest BCUT2D eigenvalue weighted by atomic mass is 35.5. The number of nitrogens with zero attached hydrogens (tertiary/aromatic N) is 1. The molecule has 1 rings (SSSR count). The molecule has 0 aliphatic carbocycles. The first-order chi connectivity index (χ1) is 7.94. The van der Waals surface area contributed by atoms with Crippen LogP contribution in [-0.4, -0.2) is 6.61 Å². The first-order valence-corrected chi connectivity index (χ1v) is 6.19. The van der Waals surface area contributed by atoms with Crippen LogP contribution in [0.3, 0.4) is 0 Å². The standard InChI is InChI=1S/C13H15Cl2NO/c1-13(2,9-16)6-3-7-17-12-5-4-10(14)8-11(12)15/h4-5,8H,3,6-7H2,1-2H3. The Balaban J connectivity index is 2.39. The molecule has 92 valence electrons. The Kier molecular flexibility index (Phi) is 5.11. The van der Waals surface area contributed by atoms with Crippen LogP contribution in [0.5, 0.6) is 5.75 Å². The van der Waals surface area contributed by atoms with Gasteiger partial charge in [-0.1, -0.05) is 23.2 Å². The molecule has 0 unspecified atom stereocenters. The molecule has 0 aliphatic rings. The SMILES string of the molecule is CC(C)(C#N)CCCOc1ccc(Cl)cc1Cl. The maximum atomic E-state index is 8.86. The van der Waals surface area contributed by atoms with E-state index in [1.165, 1.54) is 0 Å². The molecule has 0 saturated carbocycles. The van der Waals surface area contributed by atoms with Crippen molar-refractivity contribution >= 4 is 23.2 Å². The average Bonchev–Trinajstić information content (AvgIpc) is 2.27. The number of hydrogen-bond donors (Lipinski definition) is 0. The lowest BCUT2D eigenvalue weighted by atomic mass is 9.90. The normalized spacial score (nSPS) is 11.0. The zero-order valence-corrected chi connectivity index (χ0v) is 11.5. The molecule has 0 radical (unpaired) electrons. The van der Waals surface area contributed by atoms with Crippen LogP contribution in [0.1, 0.15) is 26.7 Å². The monoisotopic (exact) mass is 271 g/mol. The zero-order valence-electron chi connectivity index (χ0n) is 9.96. The van der Waals surface area contributed by atoms with Crippen molar-refractivity contribution in [2.45, 2.75) is 26.7 Å². The highest BCUT2D eigenvalue weighted by molar-refractivity contribution is 6.35. The number of hydrogen-bond acceptors (Lipinski definition) is 2. The van der Waals surface area contributed by atoms with Crippen LogP contribution >= 0.6 is 23.2 Å². The molecule has 0 heterocycles. The molecule has 0 atom stereocenters. The summed E-state index contributed by atoms with van der Waals surface area (Å²) < 4.78 is 5.53. The highest BCUT2D eigenvalue weighted by Crippen LogP contribution is 2.28. The van der Waals surface area contributed by atoms with Crippen LogP contribution in [0.2, 0.25) is 10.0 Å². The van der Waals surface area contributed by atoms with Crippen molar-refractivity contribution in [3.8, 4) is 11.8 Å². The topological polar surface area (TPSA) is 33.0 Å². The van der Waals surface area contributed by atoms with Gasteiger partial charge in [0.15, 0.2) is 0 Å². The van der Waals surface area contributed by atoms with E-state index in [9.17, 15) is 0 Å². The van der Waals surface area contributed by atoms with Gasteiger partial charge in [-0.3, -0.25) is 0 Å². The first-order valence-electron chi connectivity index (χ1n) is 5.44.